The molecule has 100 valence electrons. The van der Waals surface area contributed by atoms with E-state index in [9.17, 15) is 17.6 Å². The Bertz CT molecular complexity index is 561. The molecule has 5 nitrogen and oxygen atoms in total. The molecule has 0 heterocycles. The summed E-state index contributed by atoms with van der Waals surface area (Å²) in [6, 6.07) is 3.35. The lowest BCUT2D eigenvalue weighted by Crippen LogP contribution is -2.37. The fourth-order valence-electron chi connectivity index (χ4n) is 1.30. The van der Waals surface area contributed by atoms with Crippen LogP contribution in [0.2, 0.25) is 5.02 Å². The minimum Gasteiger partial charge on any atom is -0.480 e. The minimum absolute atomic E-state index is 0.0976. The fourth-order valence-corrected chi connectivity index (χ4v) is 2.52. The number of halogens is 2. The molecule has 8 heteroatoms. The van der Waals surface area contributed by atoms with Gasteiger partial charge in [0.05, 0.1) is 11.4 Å². The summed E-state index contributed by atoms with van der Waals surface area (Å²) in [7, 11) is -3.87. The number of rotatable bonds is 5. The second-order valence-electron chi connectivity index (χ2n) is 3.40. The smallest absolute Gasteiger partial charge is 0.324 e. The van der Waals surface area contributed by atoms with Crippen LogP contribution in [0, 0.1) is 5.82 Å². The molecule has 0 saturated carbocycles. The van der Waals surface area contributed by atoms with Crippen LogP contribution in [0.4, 0.5) is 10.1 Å². The van der Waals surface area contributed by atoms with Crippen molar-refractivity contribution in [2.24, 2.45) is 0 Å². The Morgan fingerprint density at radius 1 is 1.50 bits per heavy atom. The van der Waals surface area contributed by atoms with E-state index in [1.54, 1.807) is 0 Å². The van der Waals surface area contributed by atoms with Crippen molar-refractivity contribution in [1.82, 2.24) is 0 Å². The molecule has 0 amide bonds. The van der Waals surface area contributed by atoms with Gasteiger partial charge in [-0.25, -0.2) is 12.8 Å². The van der Waals surface area contributed by atoms with Crippen molar-refractivity contribution >= 4 is 33.3 Å². The second kappa shape index (κ2) is 5.53. The Morgan fingerprint density at radius 2 is 2.11 bits per heavy atom. The third kappa shape index (κ3) is 3.33. The molecule has 18 heavy (non-hydrogen) atoms. The number of carboxylic acid groups (broad SMARTS) is 1. The van der Waals surface area contributed by atoms with E-state index in [0.29, 0.717) is 4.31 Å². The lowest BCUT2D eigenvalue weighted by Gasteiger charge is -2.22. The summed E-state index contributed by atoms with van der Waals surface area (Å²) in [5, 5.41) is 8.79. The quantitative estimate of drug-likeness (QED) is 0.897. The molecule has 0 aliphatic carbocycles. The molecule has 0 bridgehead atoms. The van der Waals surface area contributed by atoms with Gasteiger partial charge in [0.2, 0.25) is 10.0 Å². The molecule has 0 aromatic heterocycles. The molecule has 1 rings (SSSR count). The van der Waals surface area contributed by atoms with E-state index >= 15 is 0 Å². The largest absolute Gasteiger partial charge is 0.480 e. The van der Waals surface area contributed by atoms with Gasteiger partial charge in [-0.2, -0.15) is 0 Å². The standard InChI is InChI=1S/C10H11ClFNO4S/c1-2-18(16,17)13(6-10(14)15)9-4-3-7(11)5-8(9)12/h3-5H,2,6H2,1H3,(H,14,15). The van der Waals surface area contributed by atoms with Crippen LogP contribution in [0.1, 0.15) is 6.92 Å². The Labute approximate surface area is 109 Å². The zero-order valence-corrected chi connectivity index (χ0v) is 11.0. The highest BCUT2D eigenvalue weighted by molar-refractivity contribution is 7.92. The number of hydrogen-bond donors (Lipinski definition) is 1. The van der Waals surface area contributed by atoms with Crippen molar-refractivity contribution < 1.29 is 22.7 Å². The Balaban J connectivity index is 3.30. The summed E-state index contributed by atoms with van der Waals surface area (Å²) in [6.45, 7) is 0.507. The first-order chi connectivity index (χ1) is 8.27. The molecule has 1 aromatic rings. The Morgan fingerprint density at radius 3 is 2.56 bits per heavy atom. The van der Waals surface area contributed by atoms with Gasteiger partial charge in [0.1, 0.15) is 12.4 Å². The van der Waals surface area contributed by atoms with Crippen molar-refractivity contribution in [3.05, 3.63) is 29.0 Å². The summed E-state index contributed by atoms with van der Waals surface area (Å²) in [5.74, 6) is -2.59. The monoisotopic (exact) mass is 295 g/mol. The number of carbonyl (C=O) groups is 1. The average molecular weight is 296 g/mol. The average Bonchev–Trinajstić information content (AvgIpc) is 2.26. The van der Waals surface area contributed by atoms with Crippen LogP contribution in [0.15, 0.2) is 18.2 Å². The lowest BCUT2D eigenvalue weighted by molar-refractivity contribution is -0.135. The summed E-state index contributed by atoms with van der Waals surface area (Å²) in [5.41, 5.74) is -0.330. The van der Waals surface area contributed by atoms with E-state index in [1.165, 1.54) is 13.0 Å². The molecular formula is C10H11ClFNO4S. The molecule has 0 atom stereocenters. The maximum atomic E-state index is 13.6. The van der Waals surface area contributed by atoms with Gasteiger partial charge in [-0.3, -0.25) is 9.10 Å². The summed E-state index contributed by atoms with van der Waals surface area (Å²) < 4.78 is 37.6. The van der Waals surface area contributed by atoms with Gasteiger partial charge in [-0.15, -0.1) is 0 Å². The van der Waals surface area contributed by atoms with Crippen molar-refractivity contribution in [3.8, 4) is 0 Å². The number of nitrogens with zero attached hydrogens (tertiary/aromatic N) is 1. The van der Waals surface area contributed by atoms with Crippen molar-refractivity contribution in [1.29, 1.82) is 0 Å². The van der Waals surface area contributed by atoms with E-state index in [-0.39, 0.29) is 16.5 Å². The number of sulfonamides is 1. The van der Waals surface area contributed by atoms with E-state index in [0.717, 1.165) is 12.1 Å². The lowest BCUT2D eigenvalue weighted by atomic mass is 10.3. The van der Waals surface area contributed by atoms with Crippen molar-refractivity contribution in [2.45, 2.75) is 6.92 Å². The summed E-state index contributed by atoms with van der Waals surface area (Å²) in [4.78, 5) is 10.7. The van der Waals surface area contributed by atoms with Gasteiger partial charge in [0.25, 0.3) is 0 Å². The van der Waals surface area contributed by atoms with Gasteiger partial charge < -0.3 is 5.11 Å². The number of hydrogen-bond acceptors (Lipinski definition) is 3. The molecular weight excluding hydrogens is 285 g/mol. The highest BCUT2D eigenvalue weighted by Gasteiger charge is 2.25. The topological polar surface area (TPSA) is 74.7 Å². The molecule has 1 aromatic carbocycles. The van der Waals surface area contributed by atoms with Crippen LogP contribution in [0.5, 0.6) is 0 Å². The minimum atomic E-state index is -3.87. The van der Waals surface area contributed by atoms with Crippen LogP contribution in [0.3, 0.4) is 0 Å². The maximum Gasteiger partial charge on any atom is 0.324 e. The van der Waals surface area contributed by atoms with Crippen LogP contribution < -0.4 is 4.31 Å². The van der Waals surface area contributed by atoms with E-state index in [4.69, 9.17) is 16.7 Å². The fraction of sp³-hybridized carbons (Fsp3) is 0.300. The number of aliphatic carboxylic acids is 1. The van der Waals surface area contributed by atoms with Crippen LogP contribution in [-0.4, -0.2) is 31.8 Å². The molecule has 0 saturated heterocycles. The second-order valence-corrected chi connectivity index (χ2v) is 6.02. The van der Waals surface area contributed by atoms with E-state index in [1.807, 2.05) is 0 Å². The molecule has 0 spiro atoms. The molecule has 0 unspecified atom stereocenters. The van der Waals surface area contributed by atoms with Crippen molar-refractivity contribution in [2.75, 3.05) is 16.6 Å². The molecule has 1 N–H and O–H groups in total. The van der Waals surface area contributed by atoms with E-state index < -0.39 is 28.4 Å². The summed E-state index contributed by atoms with van der Waals surface area (Å²) in [6.07, 6.45) is 0. The normalized spacial score (nSPS) is 11.3. The van der Waals surface area contributed by atoms with Gasteiger partial charge in [-0.05, 0) is 25.1 Å². The van der Waals surface area contributed by atoms with Gasteiger partial charge in [-0.1, -0.05) is 11.6 Å². The zero-order chi connectivity index (χ0) is 13.9. The molecule has 0 radical (unpaired) electrons. The Kier molecular flexibility index (Phi) is 4.53. The van der Waals surface area contributed by atoms with Gasteiger partial charge >= 0.3 is 5.97 Å². The zero-order valence-electron chi connectivity index (χ0n) is 9.43. The predicted molar refractivity (Wildman–Crippen MR) is 65.9 cm³/mol. The summed E-state index contributed by atoms with van der Waals surface area (Å²) >= 11 is 5.55. The SMILES string of the molecule is CCS(=O)(=O)N(CC(=O)O)c1ccc(Cl)cc1F. The first-order valence-electron chi connectivity index (χ1n) is 4.95. The highest BCUT2D eigenvalue weighted by atomic mass is 35.5. The highest BCUT2D eigenvalue weighted by Crippen LogP contribution is 2.25. The van der Waals surface area contributed by atoms with Crippen LogP contribution >= 0.6 is 11.6 Å². The Hall–Kier alpha value is -1.34. The number of anilines is 1. The molecule has 0 aliphatic rings. The maximum absolute atomic E-state index is 13.6. The first-order valence-corrected chi connectivity index (χ1v) is 6.94. The van der Waals surface area contributed by atoms with Gasteiger partial charge in [0.15, 0.2) is 0 Å². The third-order valence-electron chi connectivity index (χ3n) is 2.16. The van der Waals surface area contributed by atoms with E-state index in [2.05, 4.69) is 0 Å². The number of carboxylic acids is 1. The predicted octanol–water partition coefficient (Wildman–Crippen LogP) is 1.72. The third-order valence-corrected chi connectivity index (χ3v) is 4.12. The molecule has 0 aliphatic heterocycles. The van der Waals surface area contributed by atoms with Crippen LogP contribution in [-0.2, 0) is 14.8 Å². The van der Waals surface area contributed by atoms with Crippen LogP contribution in [0.25, 0.3) is 0 Å². The van der Waals surface area contributed by atoms with Gasteiger partial charge in [0, 0.05) is 5.02 Å². The first kappa shape index (κ1) is 14.7. The molecule has 0 fully saturated rings. The van der Waals surface area contributed by atoms with Crippen molar-refractivity contribution in [3.63, 3.8) is 0 Å². The number of benzene rings is 1.